The van der Waals surface area contributed by atoms with Gasteiger partial charge in [-0.25, -0.2) is 5.01 Å². The molecular weight excluding hydrogens is 390 g/mol. The van der Waals surface area contributed by atoms with Gasteiger partial charge in [0, 0.05) is 17.5 Å². The minimum atomic E-state index is -0.425. The smallest absolute Gasteiger partial charge is 0.209 e. The summed E-state index contributed by atoms with van der Waals surface area (Å²) >= 11 is 0. The number of hydrogen-bond donors (Lipinski definition) is 1. The number of piperidine rings is 1. The molecule has 1 N–H and O–H groups in total. The van der Waals surface area contributed by atoms with Gasteiger partial charge in [-0.1, -0.05) is 24.3 Å². The van der Waals surface area contributed by atoms with Crippen molar-refractivity contribution in [3.05, 3.63) is 53.6 Å². The monoisotopic (exact) mass is 422 g/mol. The molecule has 0 aliphatic carbocycles. The standard InChI is InChI=1S/C25H31N3O3/c1-17(2)27-13-11-25(12-14-27)28-22(20-9-6-10-23(30-4)24(20)31-25)16-21(26-28)18-7-5-8-19(15-18)29-3/h5-10,15,17,22H,11-14,16H2,1-4H3/p+1/t22-/m1/s1. The second-order valence-electron chi connectivity index (χ2n) is 9.08. The molecule has 1 atom stereocenters. The fraction of sp³-hybridized carbons (Fsp3) is 0.480. The third-order valence-corrected chi connectivity index (χ3v) is 7.10. The van der Waals surface area contributed by atoms with Gasteiger partial charge in [0.05, 0.1) is 57.9 Å². The van der Waals surface area contributed by atoms with Crippen LogP contribution in [0.1, 0.15) is 50.3 Å². The largest absolute Gasteiger partial charge is 0.497 e. The molecule has 3 aliphatic heterocycles. The maximum Gasteiger partial charge on any atom is 0.209 e. The van der Waals surface area contributed by atoms with Crippen molar-refractivity contribution in [3.63, 3.8) is 0 Å². The summed E-state index contributed by atoms with van der Waals surface area (Å²) < 4.78 is 18.0. The van der Waals surface area contributed by atoms with Crippen molar-refractivity contribution >= 4 is 5.71 Å². The summed E-state index contributed by atoms with van der Waals surface area (Å²) in [6.45, 7) is 6.75. The fourth-order valence-electron chi connectivity index (χ4n) is 5.28. The molecule has 6 heteroatoms. The molecule has 0 unspecified atom stereocenters. The highest BCUT2D eigenvalue weighted by molar-refractivity contribution is 6.02. The lowest BCUT2D eigenvalue weighted by molar-refractivity contribution is -0.929. The number of ether oxygens (including phenoxy) is 3. The first-order valence-electron chi connectivity index (χ1n) is 11.3. The maximum atomic E-state index is 6.81. The zero-order valence-corrected chi connectivity index (χ0v) is 18.9. The van der Waals surface area contributed by atoms with Gasteiger partial charge < -0.3 is 19.1 Å². The van der Waals surface area contributed by atoms with E-state index in [0.717, 1.165) is 66.4 Å². The normalized spacial score (nSPS) is 26.9. The molecule has 164 valence electrons. The Hall–Kier alpha value is -2.73. The van der Waals surface area contributed by atoms with Crippen LogP contribution in [-0.2, 0) is 0 Å². The number of rotatable bonds is 4. The average Bonchev–Trinajstić information content (AvgIpc) is 3.26. The molecule has 2 aromatic carbocycles. The van der Waals surface area contributed by atoms with Crippen LogP contribution in [0.15, 0.2) is 47.6 Å². The number of hydrogen-bond acceptors (Lipinski definition) is 5. The van der Waals surface area contributed by atoms with Crippen LogP contribution in [-0.4, -0.2) is 49.8 Å². The van der Waals surface area contributed by atoms with Crippen LogP contribution in [0.2, 0.25) is 0 Å². The van der Waals surface area contributed by atoms with Gasteiger partial charge in [0.1, 0.15) is 5.75 Å². The van der Waals surface area contributed by atoms with Gasteiger partial charge in [-0.3, -0.25) is 0 Å². The van der Waals surface area contributed by atoms with E-state index in [4.69, 9.17) is 19.3 Å². The number of quaternary nitrogens is 1. The minimum absolute atomic E-state index is 0.153. The topological polar surface area (TPSA) is 47.7 Å². The minimum Gasteiger partial charge on any atom is -0.497 e. The van der Waals surface area contributed by atoms with Gasteiger partial charge in [-0.05, 0) is 32.0 Å². The first-order chi connectivity index (χ1) is 15.0. The molecule has 0 radical (unpaired) electrons. The van der Waals surface area contributed by atoms with Gasteiger partial charge in [0.15, 0.2) is 11.5 Å². The van der Waals surface area contributed by atoms with Crippen LogP contribution in [0, 0.1) is 0 Å². The molecule has 2 aromatic rings. The molecule has 31 heavy (non-hydrogen) atoms. The highest BCUT2D eigenvalue weighted by atomic mass is 16.5. The second kappa shape index (κ2) is 7.75. The lowest BCUT2D eigenvalue weighted by atomic mass is 9.90. The molecular formula is C25H32N3O3+. The first-order valence-corrected chi connectivity index (χ1v) is 11.3. The molecule has 0 bridgehead atoms. The predicted molar refractivity (Wildman–Crippen MR) is 120 cm³/mol. The SMILES string of the molecule is COc1cccc(C2=NN3[C@H](C2)c2cccc(OC)c2OC32CC[NH+](C(C)C)CC2)c1. The van der Waals surface area contributed by atoms with E-state index in [0.29, 0.717) is 6.04 Å². The van der Waals surface area contributed by atoms with Crippen LogP contribution >= 0.6 is 0 Å². The fourth-order valence-corrected chi connectivity index (χ4v) is 5.28. The van der Waals surface area contributed by atoms with Crippen LogP contribution in [0.4, 0.5) is 0 Å². The Balaban J connectivity index is 1.56. The molecule has 5 rings (SSSR count). The molecule has 1 saturated heterocycles. The highest BCUT2D eigenvalue weighted by Crippen LogP contribution is 2.52. The number of nitrogens with one attached hydrogen (secondary N) is 1. The summed E-state index contributed by atoms with van der Waals surface area (Å²) in [4.78, 5) is 1.63. The molecule has 3 heterocycles. The van der Waals surface area contributed by atoms with Gasteiger partial charge in [0.25, 0.3) is 0 Å². The molecule has 1 spiro atoms. The number of para-hydroxylation sites is 1. The van der Waals surface area contributed by atoms with Crippen LogP contribution in [0.5, 0.6) is 17.2 Å². The van der Waals surface area contributed by atoms with Crippen molar-refractivity contribution in [3.8, 4) is 17.2 Å². The molecule has 3 aliphatic rings. The zero-order valence-electron chi connectivity index (χ0n) is 18.9. The Morgan fingerprint density at radius 1 is 1.10 bits per heavy atom. The Morgan fingerprint density at radius 3 is 2.58 bits per heavy atom. The molecule has 6 nitrogen and oxygen atoms in total. The van der Waals surface area contributed by atoms with Crippen LogP contribution in [0.25, 0.3) is 0 Å². The number of nitrogens with zero attached hydrogens (tertiary/aromatic N) is 2. The first kappa shape index (κ1) is 20.2. The van der Waals surface area contributed by atoms with E-state index < -0.39 is 5.72 Å². The second-order valence-corrected chi connectivity index (χ2v) is 9.08. The van der Waals surface area contributed by atoms with Gasteiger partial charge in [-0.2, -0.15) is 5.10 Å². The summed E-state index contributed by atoms with van der Waals surface area (Å²) in [7, 11) is 3.42. The van der Waals surface area contributed by atoms with E-state index in [1.165, 1.54) is 0 Å². The van der Waals surface area contributed by atoms with E-state index in [2.05, 4.69) is 37.1 Å². The van der Waals surface area contributed by atoms with Crippen molar-refractivity contribution in [1.29, 1.82) is 0 Å². The zero-order chi connectivity index (χ0) is 21.6. The number of fused-ring (bicyclic) bond motifs is 4. The lowest BCUT2D eigenvalue weighted by Crippen LogP contribution is -3.16. The summed E-state index contributed by atoms with van der Waals surface area (Å²) in [6.07, 6.45) is 2.74. The highest BCUT2D eigenvalue weighted by Gasteiger charge is 2.53. The van der Waals surface area contributed by atoms with E-state index >= 15 is 0 Å². The number of likely N-dealkylation sites (tertiary alicyclic amines) is 1. The van der Waals surface area contributed by atoms with E-state index in [-0.39, 0.29) is 6.04 Å². The van der Waals surface area contributed by atoms with E-state index in [1.54, 1.807) is 19.1 Å². The van der Waals surface area contributed by atoms with Crippen LogP contribution in [0.3, 0.4) is 0 Å². The number of methoxy groups -OCH3 is 2. The Morgan fingerprint density at radius 2 is 1.87 bits per heavy atom. The van der Waals surface area contributed by atoms with Gasteiger partial charge in [-0.15, -0.1) is 0 Å². The lowest BCUT2D eigenvalue weighted by Gasteiger charge is -2.50. The molecule has 0 aromatic heterocycles. The molecule has 0 amide bonds. The third-order valence-electron chi connectivity index (χ3n) is 7.10. The Bertz CT molecular complexity index is 995. The summed E-state index contributed by atoms with van der Waals surface area (Å²) in [5.74, 6) is 2.55. The van der Waals surface area contributed by atoms with Gasteiger partial charge in [0.2, 0.25) is 5.72 Å². The molecule has 0 saturated carbocycles. The van der Waals surface area contributed by atoms with Crippen molar-refractivity contribution in [2.75, 3.05) is 27.3 Å². The quantitative estimate of drug-likeness (QED) is 0.823. The average molecular weight is 423 g/mol. The molecule has 1 fully saturated rings. The van der Waals surface area contributed by atoms with Crippen LogP contribution < -0.4 is 19.1 Å². The predicted octanol–water partition coefficient (Wildman–Crippen LogP) is 3.03. The van der Waals surface area contributed by atoms with Crippen molar-refractivity contribution in [2.24, 2.45) is 5.10 Å². The number of benzene rings is 2. The Kier molecular flexibility index (Phi) is 5.05. The summed E-state index contributed by atoms with van der Waals surface area (Å²) in [6, 6.07) is 15.2. The van der Waals surface area contributed by atoms with Gasteiger partial charge >= 0.3 is 0 Å². The van der Waals surface area contributed by atoms with E-state index in [1.807, 2.05) is 24.3 Å². The van der Waals surface area contributed by atoms with Crippen molar-refractivity contribution in [2.45, 2.75) is 50.9 Å². The summed E-state index contributed by atoms with van der Waals surface area (Å²) in [5, 5.41) is 7.44. The number of hydrazone groups is 1. The third kappa shape index (κ3) is 3.33. The Labute approximate surface area is 184 Å². The van der Waals surface area contributed by atoms with E-state index in [9.17, 15) is 0 Å². The maximum absolute atomic E-state index is 6.81. The van der Waals surface area contributed by atoms with Crippen molar-refractivity contribution in [1.82, 2.24) is 5.01 Å². The van der Waals surface area contributed by atoms with Crippen molar-refractivity contribution < 1.29 is 19.1 Å². The summed E-state index contributed by atoms with van der Waals surface area (Å²) in [5.41, 5.74) is 2.93.